The Kier molecular flexibility index (Phi) is 5.92. The van der Waals surface area contributed by atoms with Crippen LogP contribution in [0.5, 0.6) is 5.75 Å². The molecule has 4 rings (SSSR count). The van der Waals surface area contributed by atoms with Crippen LogP contribution >= 0.6 is 11.3 Å². The van der Waals surface area contributed by atoms with Gasteiger partial charge in [-0.1, -0.05) is 0 Å². The van der Waals surface area contributed by atoms with E-state index in [4.69, 9.17) is 9.47 Å². The second-order valence-electron chi connectivity index (χ2n) is 7.51. The number of aryl methyl sites for hydroxylation is 1. The van der Waals surface area contributed by atoms with E-state index in [1.807, 2.05) is 25.3 Å². The van der Waals surface area contributed by atoms with Gasteiger partial charge < -0.3 is 19.5 Å². The minimum atomic E-state index is -0.655. The van der Waals surface area contributed by atoms with Crippen molar-refractivity contribution >= 4 is 28.8 Å². The maximum Gasteiger partial charge on any atom is 0.295 e. The van der Waals surface area contributed by atoms with Crippen LogP contribution in [0.25, 0.3) is 5.76 Å². The van der Waals surface area contributed by atoms with Crippen LogP contribution in [0.4, 0.5) is 0 Å². The number of ether oxygens (including phenoxy) is 2. The fourth-order valence-electron chi connectivity index (χ4n) is 4.04. The van der Waals surface area contributed by atoms with Gasteiger partial charge in [0.25, 0.3) is 11.7 Å². The average molecular weight is 428 g/mol. The molecule has 30 heavy (non-hydrogen) atoms. The standard InChI is InChI=1S/C23H25NO5S/c1-3-28-16-8-6-15(7-9-16)20(25)18-19(22-14(2)10-12-30-22)24(23(27)21(18)26)13-17-5-4-11-29-17/h6-10,12,17,19,25H,3-5,11,13H2,1-2H3. The SMILES string of the molecule is CCOc1ccc(C(O)=C2C(=O)C(=O)N(CC3CCCO3)C2c2sccc2C)cc1. The molecule has 1 aromatic carbocycles. The molecule has 2 fully saturated rings. The van der Waals surface area contributed by atoms with E-state index >= 15 is 0 Å². The third kappa shape index (κ3) is 3.75. The maximum absolute atomic E-state index is 13.0. The summed E-state index contributed by atoms with van der Waals surface area (Å²) in [6.07, 6.45) is 1.72. The largest absolute Gasteiger partial charge is 0.507 e. The van der Waals surface area contributed by atoms with E-state index in [9.17, 15) is 14.7 Å². The van der Waals surface area contributed by atoms with Crippen molar-refractivity contribution in [2.24, 2.45) is 0 Å². The van der Waals surface area contributed by atoms with Crippen molar-refractivity contribution in [2.45, 2.75) is 38.8 Å². The Balaban J connectivity index is 1.77. The molecule has 2 atom stereocenters. The highest BCUT2D eigenvalue weighted by Gasteiger charge is 2.47. The first kappa shape index (κ1) is 20.6. The molecule has 1 N–H and O–H groups in total. The summed E-state index contributed by atoms with van der Waals surface area (Å²) in [5.74, 6) is -0.726. The van der Waals surface area contributed by atoms with E-state index in [0.29, 0.717) is 31.1 Å². The van der Waals surface area contributed by atoms with Crippen molar-refractivity contribution < 1.29 is 24.2 Å². The summed E-state index contributed by atoms with van der Waals surface area (Å²) in [6.45, 7) is 5.40. The molecule has 1 aromatic heterocycles. The van der Waals surface area contributed by atoms with Crippen LogP contribution < -0.4 is 4.74 Å². The Labute approximate surface area is 179 Å². The third-order valence-electron chi connectivity index (χ3n) is 5.55. The summed E-state index contributed by atoms with van der Waals surface area (Å²) in [6, 6.07) is 8.24. The topological polar surface area (TPSA) is 76.1 Å². The second kappa shape index (κ2) is 8.62. The van der Waals surface area contributed by atoms with Gasteiger partial charge in [0.1, 0.15) is 11.5 Å². The number of benzene rings is 1. The molecule has 2 aromatic rings. The smallest absolute Gasteiger partial charge is 0.295 e. The van der Waals surface area contributed by atoms with E-state index in [2.05, 4.69) is 0 Å². The average Bonchev–Trinajstić information content (AvgIpc) is 3.46. The number of hydrogen-bond acceptors (Lipinski definition) is 6. The molecule has 2 aliphatic heterocycles. The van der Waals surface area contributed by atoms with Crippen molar-refractivity contribution in [3.05, 3.63) is 57.3 Å². The summed E-state index contributed by atoms with van der Waals surface area (Å²) >= 11 is 1.49. The molecule has 2 aliphatic rings. The number of carbonyl (C=O) groups excluding carboxylic acids is 2. The van der Waals surface area contributed by atoms with Crippen molar-refractivity contribution in [2.75, 3.05) is 19.8 Å². The molecule has 2 saturated heterocycles. The zero-order valence-corrected chi connectivity index (χ0v) is 17.9. The number of rotatable bonds is 6. The molecule has 0 radical (unpaired) electrons. The van der Waals surface area contributed by atoms with Gasteiger partial charge in [0, 0.05) is 23.6 Å². The van der Waals surface area contributed by atoms with Crippen molar-refractivity contribution in [3.8, 4) is 5.75 Å². The number of nitrogens with zero attached hydrogens (tertiary/aromatic N) is 1. The highest BCUT2D eigenvalue weighted by atomic mass is 32.1. The summed E-state index contributed by atoms with van der Waals surface area (Å²) in [7, 11) is 0. The Morgan fingerprint density at radius 3 is 2.63 bits per heavy atom. The lowest BCUT2D eigenvalue weighted by molar-refractivity contribution is -0.140. The fourth-order valence-corrected chi connectivity index (χ4v) is 5.09. The number of thiophene rings is 1. The van der Waals surface area contributed by atoms with Crippen LogP contribution in [0.3, 0.4) is 0 Å². The molecule has 0 spiro atoms. The van der Waals surface area contributed by atoms with Crippen LogP contribution in [0.15, 0.2) is 41.3 Å². The molecular formula is C23H25NO5S. The van der Waals surface area contributed by atoms with Gasteiger partial charge in [0.15, 0.2) is 0 Å². The normalized spacial score (nSPS) is 23.3. The summed E-state index contributed by atoms with van der Waals surface area (Å²) in [5, 5.41) is 13.0. The molecule has 1 amide bonds. The van der Waals surface area contributed by atoms with Crippen LogP contribution in [-0.4, -0.2) is 47.6 Å². The number of carbonyl (C=O) groups is 2. The minimum Gasteiger partial charge on any atom is -0.507 e. The Hall–Kier alpha value is -2.64. The molecule has 0 saturated carbocycles. The van der Waals surface area contributed by atoms with Crippen LogP contribution in [0, 0.1) is 6.92 Å². The highest BCUT2D eigenvalue weighted by molar-refractivity contribution is 7.10. The van der Waals surface area contributed by atoms with Gasteiger partial charge in [-0.25, -0.2) is 0 Å². The number of hydrogen-bond donors (Lipinski definition) is 1. The van der Waals surface area contributed by atoms with Crippen molar-refractivity contribution in [3.63, 3.8) is 0 Å². The molecule has 7 heteroatoms. The van der Waals surface area contributed by atoms with E-state index < -0.39 is 17.7 Å². The Morgan fingerprint density at radius 1 is 1.27 bits per heavy atom. The predicted molar refractivity (Wildman–Crippen MR) is 115 cm³/mol. The van der Waals surface area contributed by atoms with Gasteiger partial charge in [-0.05, 0) is 68.0 Å². The first-order valence-corrected chi connectivity index (χ1v) is 11.1. The van der Waals surface area contributed by atoms with Gasteiger partial charge in [-0.15, -0.1) is 11.3 Å². The lowest BCUT2D eigenvalue weighted by Crippen LogP contribution is -2.36. The lowest BCUT2D eigenvalue weighted by Gasteiger charge is -2.27. The minimum absolute atomic E-state index is 0.0866. The Bertz CT molecular complexity index is 972. The molecular weight excluding hydrogens is 402 g/mol. The fraction of sp³-hybridized carbons (Fsp3) is 0.391. The second-order valence-corrected chi connectivity index (χ2v) is 8.46. The zero-order chi connectivity index (χ0) is 21.3. The quantitative estimate of drug-likeness (QED) is 0.428. The van der Waals surface area contributed by atoms with E-state index in [1.54, 1.807) is 29.2 Å². The number of likely N-dealkylation sites (tertiary alicyclic amines) is 1. The van der Waals surface area contributed by atoms with Gasteiger partial charge in [-0.2, -0.15) is 0 Å². The molecule has 0 bridgehead atoms. The number of amides is 1. The van der Waals surface area contributed by atoms with E-state index in [-0.39, 0.29) is 17.4 Å². The third-order valence-corrected chi connectivity index (χ3v) is 6.62. The molecule has 158 valence electrons. The first-order valence-electron chi connectivity index (χ1n) is 10.2. The summed E-state index contributed by atoms with van der Waals surface area (Å²) < 4.78 is 11.2. The number of aliphatic hydroxyl groups is 1. The van der Waals surface area contributed by atoms with Gasteiger partial charge >= 0.3 is 0 Å². The van der Waals surface area contributed by atoms with Crippen molar-refractivity contribution in [1.82, 2.24) is 4.90 Å². The van der Waals surface area contributed by atoms with E-state index in [1.165, 1.54) is 11.3 Å². The number of Topliss-reactive ketones (excluding diaryl/α,β-unsaturated/α-hetero) is 1. The Morgan fingerprint density at radius 2 is 2.03 bits per heavy atom. The molecule has 6 nitrogen and oxygen atoms in total. The van der Waals surface area contributed by atoms with Crippen molar-refractivity contribution in [1.29, 1.82) is 0 Å². The van der Waals surface area contributed by atoms with Crippen LogP contribution in [0.2, 0.25) is 0 Å². The zero-order valence-electron chi connectivity index (χ0n) is 17.1. The highest BCUT2D eigenvalue weighted by Crippen LogP contribution is 2.43. The molecule has 2 unspecified atom stereocenters. The summed E-state index contributed by atoms with van der Waals surface area (Å²) in [4.78, 5) is 28.4. The van der Waals surface area contributed by atoms with Gasteiger partial charge in [0.2, 0.25) is 0 Å². The molecule has 0 aliphatic carbocycles. The summed E-state index contributed by atoms with van der Waals surface area (Å²) in [5.41, 5.74) is 1.60. The maximum atomic E-state index is 13.0. The molecule has 3 heterocycles. The lowest BCUT2D eigenvalue weighted by atomic mass is 9.98. The van der Waals surface area contributed by atoms with Crippen LogP contribution in [-0.2, 0) is 14.3 Å². The van der Waals surface area contributed by atoms with E-state index in [0.717, 1.165) is 23.3 Å². The predicted octanol–water partition coefficient (Wildman–Crippen LogP) is 4.06. The van der Waals surface area contributed by atoms with Gasteiger partial charge in [0.05, 0.1) is 24.3 Å². The monoisotopic (exact) mass is 427 g/mol. The number of aliphatic hydroxyl groups excluding tert-OH is 1. The van der Waals surface area contributed by atoms with Crippen LogP contribution in [0.1, 0.15) is 41.8 Å². The first-order chi connectivity index (χ1) is 14.5. The number of ketones is 1. The van der Waals surface area contributed by atoms with Gasteiger partial charge in [-0.3, -0.25) is 9.59 Å².